The van der Waals surface area contributed by atoms with Crippen molar-refractivity contribution in [3.63, 3.8) is 0 Å². The smallest absolute Gasteiger partial charge is 0.125 e. The van der Waals surface area contributed by atoms with Crippen LogP contribution >= 0.6 is 15.9 Å². The molecular formula is C26H37BrO2. The number of aldehydes is 2. The van der Waals surface area contributed by atoms with Gasteiger partial charge in [-0.2, -0.15) is 0 Å². The first kappa shape index (κ1) is 27.3. The molecule has 29 heavy (non-hydrogen) atoms. The molecule has 0 aliphatic rings. The summed E-state index contributed by atoms with van der Waals surface area (Å²) in [6, 6.07) is 17.2. The Morgan fingerprint density at radius 3 is 1.41 bits per heavy atom. The topological polar surface area (TPSA) is 34.1 Å². The average molecular weight is 461 g/mol. The van der Waals surface area contributed by atoms with E-state index in [0.29, 0.717) is 0 Å². The monoisotopic (exact) mass is 460 g/mol. The zero-order valence-electron chi connectivity index (χ0n) is 18.9. The minimum atomic E-state index is -0.242. The second-order valence-corrected chi connectivity index (χ2v) is 8.70. The van der Waals surface area contributed by atoms with Crippen molar-refractivity contribution in [2.24, 2.45) is 11.3 Å². The zero-order valence-corrected chi connectivity index (χ0v) is 20.5. The third-order valence-corrected chi connectivity index (χ3v) is 4.92. The van der Waals surface area contributed by atoms with Gasteiger partial charge in [0.05, 0.1) is 0 Å². The summed E-state index contributed by atoms with van der Waals surface area (Å²) in [6.45, 7) is 12.0. The number of benzene rings is 2. The summed E-state index contributed by atoms with van der Waals surface area (Å²) in [5.74, 6) is 0.204. The molecule has 3 heteroatoms. The summed E-state index contributed by atoms with van der Waals surface area (Å²) >= 11 is 3.40. The fourth-order valence-corrected chi connectivity index (χ4v) is 2.70. The number of hydrogen-bond acceptors (Lipinski definition) is 2. The molecular weight excluding hydrogens is 424 g/mol. The maximum atomic E-state index is 10.8. The molecule has 0 heterocycles. The minimum absolute atomic E-state index is 0.204. The van der Waals surface area contributed by atoms with Crippen LogP contribution in [0.2, 0.25) is 0 Å². The van der Waals surface area contributed by atoms with E-state index < -0.39 is 0 Å². The van der Waals surface area contributed by atoms with Gasteiger partial charge < -0.3 is 9.59 Å². The number of hydrogen-bond donors (Lipinski definition) is 0. The zero-order chi connectivity index (χ0) is 22.3. The highest BCUT2D eigenvalue weighted by atomic mass is 79.9. The van der Waals surface area contributed by atoms with E-state index in [-0.39, 0.29) is 11.3 Å². The van der Waals surface area contributed by atoms with E-state index >= 15 is 0 Å². The van der Waals surface area contributed by atoms with Crippen molar-refractivity contribution in [2.45, 2.75) is 66.1 Å². The molecule has 0 saturated heterocycles. The van der Waals surface area contributed by atoms with Crippen molar-refractivity contribution in [3.8, 4) is 0 Å². The van der Waals surface area contributed by atoms with Crippen LogP contribution in [0.4, 0.5) is 0 Å². The van der Waals surface area contributed by atoms with Crippen molar-refractivity contribution >= 4 is 28.5 Å². The van der Waals surface area contributed by atoms with E-state index in [2.05, 4.69) is 78.3 Å². The van der Waals surface area contributed by atoms with Gasteiger partial charge in [-0.3, -0.25) is 0 Å². The molecule has 0 radical (unpaired) electrons. The van der Waals surface area contributed by atoms with Crippen LogP contribution in [0, 0.1) is 11.3 Å². The predicted octanol–water partition coefficient (Wildman–Crippen LogP) is 7.00. The third-order valence-electron chi connectivity index (χ3n) is 4.27. The molecule has 0 amide bonds. The number of carbonyl (C=O) groups is 2. The number of halogens is 1. The van der Waals surface area contributed by atoms with Crippen LogP contribution in [0.15, 0.2) is 48.5 Å². The van der Waals surface area contributed by atoms with Gasteiger partial charge in [-0.25, -0.2) is 0 Å². The second kappa shape index (κ2) is 15.1. The molecule has 2 aromatic carbocycles. The number of carbonyl (C=O) groups excluding carboxylic acids is 2. The van der Waals surface area contributed by atoms with Crippen LogP contribution in [0.3, 0.4) is 0 Å². The summed E-state index contributed by atoms with van der Waals surface area (Å²) in [6.07, 6.45) is 4.96. The Labute approximate surface area is 186 Å². The van der Waals surface area contributed by atoms with Gasteiger partial charge in [-0.05, 0) is 41.5 Å². The summed E-state index contributed by atoms with van der Waals surface area (Å²) in [7, 11) is 0. The highest BCUT2D eigenvalue weighted by Gasteiger charge is 2.16. The molecule has 2 nitrogen and oxygen atoms in total. The van der Waals surface area contributed by atoms with Crippen LogP contribution in [0.1, 0.15) is 63.8 Å². The largest absolute Gasteiger partial charge is 0.303 e. The average Bonchev–Trinajstić information content (AvgIpc) is 2.75. The van der Waals surface area contributed by atoms with E-state index in [1.165, 1.54) is 22.3 Å². The lowest BCUT2D eigenvalue weighted by Crippen LogP contribution is -2.16. The van der Waals surface area contributed by atoms with Crippen molar-refractivity contribution in [1.82, 2.24) is 0 Å². The Morgan fingerprint density at radius 2 is 1.14 bits per heavy atom. The Kier molecular flexibility index (Phi) is 14.2. The Hall–Kier alpha value is -1.74. The SMILES string of the molecule is CC(C)C=O.CCc1ccc(CBr)cc1.CCc1ccc(CC(C)(C)C=O)cc1. The molecule has 0 aliphatic carbocycles. The molecule has 0 bridgehead atoms. The highest BCUT2D eigenvalue weighted by molar-refractivity contribution is 9.08. The first-order chi connectivity index (χ1) is 13.7. The molecule has 2 aromatic rings. The molecule has 160 valence electrons. The quantitative estimate of drug-likeness (QED) is 0.329. The summed E-state index contributed by atoms with van der Waals surface area (Å²) in [4.78, 5) is 20.3. The Morgan fingerprint density at radius 1 is 0.793 bits per heavy atom. The van der Waals surface area contributed by atoms with E-state index in [0.717, 1.165) is 37.2 Å². The molecule has 0 unspecified atom stereocenters. The van der Waals surface area contributed by atoms with Crippen molar-refractivity contribution in [3.05, 3.63) is 70.8 Å². The highest BCUT2D eigenvalue weighted by Crippen LogP contribution is 2.19. The molecule has 0 spiro atoms. The van der Waals surface area contributed by atoms with Gasteiger partial charge in [-0.1, -0.05) is 106 Å². The number of aryl methyl sites for hydroxylation is 2. The van der Waals surface area contributed by atoms with Crippen LogP contribution in [0.25, 0.3) is 0 Å². The van der Waals surface area contributed by atoms with Gasteiger partial charge in [-0.15, -0.1) is 0 Å². The van der Waals surface area contributed by atoms with Crippen molar-refractivity contribution in [1.29, 1.82) is 0 Å². The second-order valence-electron chi connectivity index (χ2n) is 8.14. The van der Waals surface area contributed by atoms with Gasteiger partial charge in [0.15, 0.2) is 0 Å². The van der Waals surface area contributed by atoms with Crippen molar-refractivity contribution in [2.75, 3.05) is 0 Å². The van der Waals surface area contributed by atoms with E-state index in [9.17, 15) is 9.59 Å². The first-order valence-electron chi connectivity index (χ1n) is 10.3. The van der Waals surface area contributed by atoms with Crippen molar-refractivity contribution < 1.29 is 9.59 Å². The van der Waals surface area contributed by atoms with Gasteiger partial charge in [0, 0.05) is 16.7 Å². The van der Waals surface area contributed by atoms with Crippen LogP contribution in [-0.2, 0) is 34.2 Å². The summed E-state index contributed by atoms with van der Waals surface area (Å²) in [5, 5.41) is 0.955. The lowest BCUT2D eigenvalue weighted by molar-refractivity contribution is -0.114. The van der Waals surface area contributed by atoms with E-state index in [4.69, 9.17) is 0 Å². The molecule has 0 aliphatic heterocycles. The summed E-state index contributed by atoms with van der Waals surface area (Å²) < 4.78 is 0. The minimum Gasteiger partial charge on any atom is -0.303 e. The molecule has 0 saturated carbocycles. The fraction of sp³-hybridized carbons (Fsp3) is 0.462. The van der Waals surface area contributed by atoms with Crippen LogP contribution < -0.4 is 0 Å². The maximum absolute atomic E-state index is 10.8. The Bertz CT molecular complexity index is 663. The molecule has 0 atom stereocenters. The maximum Gasteiger partial charge on any atom is 0.125 e. The van der Waals surface area contributed by atoms with Gasteiger partial charge in [0.1, 0.15) is 12.6 Å². The molecule has 0 aromatic heterocycles. The molecule has 0 fully saturated rings. The van der Waals surface area contributed by atoms with Crippen LogP contribution in [0.5, 0.6) is 0 Å². The normalized spacial score (nSPS) is 10.3. The third kappa shape index (κ3) is 13.2. The number of alkyl halides is 1. The van der Waals surface area contributed by atoms with Gasteiger partial charge in [0.2, 0.25) is 0 Å². The molecule has 0 N–H and O–H groups in total. The fourth-order valence-electron chi connectivity index (χ4n) is 2.32. The van der Waals surface area contributed by atoms with Gasteiger partial charge >= 0.3 is 0 Å². The van der Waals surface area contributed by atoms with Gasteiger partial charge in [0.25, 0.3) is 0 Å². The first-order valence-corrected chi connectivity index (χ1v) is 11.5. The van der Waals surface area contributed by atoms with E-state index in [1.807, 2.05) is 27.7 Å². The lowest BCUT2D eigenvalue weighted by atomic mass is 9.87. The van der Waals surface area contributed by atoms with E-state index in [1.54, 1.807) is 0 Å². The standard InChI is InChI=1S/C13H18O.C9H11Br.C4H8O/c1-4-11-5-7-12(8-6-11)9-13(2,3)10-14;1-2-8-3-5-9(7-10)6-4-8;1-4(2)3-5/h5-8,10H,4,9H2,1-3H3;3-6H,2,7H2,1H3;3-4H,1-2H3. The lowest BCUT2D eigenvalue weighted by Gasteiger charge is -2.16. The van der Waals surface area contributed by atoms with Crippen LogP contribution in [-0.4, -0.2) is 12.6 Å². The molecule has 2 rings (SSSR count). The number of rotatable bonds is 7. The summed E-state index contributed by atoms with van der Waals surface area (Å²) in [5.41, 5.74) is 5.09. The Balaban J connectivity index is 0.000000455. The predicted molar refractivity (Wildman–Crippen MR) is 129 cm³/mol.